The summed E-state index contributed by atoms with van der Waals surface area (Å²) >= 11 is 2.60. The molecule has 2 heterocycles. The molecular formula is C17H12N6O4S2. The number of pyridine rings is 1. The second-order valence-corrected chi connectivity index (χ2v) is 7.83. The number of aromatic nitrogens is 3. The summed E-state index contributed by atoms with van der Waals surface area (Å²) in [5.74, 6) is 0.0737. The topological polar surface area (TPSA) is 144 Å². The number of amides is 1. The van der Waals surface area contributed by atoms with Crippen LogP contribution in [0.25, 0.3) is 0 Å². The summed E-state index contributed by atoms with van der Waals surface area (Å²) in [5, 5.41) is 30.3. The zero-order chi connectivity index (χ0) is 20.8. The average Bonchev–Trinajstić information content (AvgIpc) is 3.15. The van der Waals surface area contributed by atoms with Crippen molar-refractivity contribution in [2.75, 3.05) is 5.32 Å². The predicted octanol–water partition coefficient (Wildman–Crippen LogP) is 2.41. The maximum Gasteiger partial charge on any atom is 0.285 e. The molecular weight excluding hydrogens is 416 g/mol. The molecule has 3 rings (SSSR count). The third kappa shape index (κ3) is 5.47. The van der Waals surface area contributed by atoms with Crippen molar-refractivity contribution in [2.24, 2.45) is 0 Å². The van der Waals surface area contributed by atoms with Gasteiger partial charge in [0.05, 0.1) is 22.8 Å². The Morgan fingerprint density at radius 2 is 2.03 bits per heavy atom. The van der Waals surface area contributed by atoms with Crippen LogP contribution in [0.2, 0.25) is 0 Å². The summed E-state index contributed by atoms with van der Waals surface area (Å²) in [6, 6.07) is 11.3. The lowest BCUT2D eigenvalue weighted by atomic mass is 10.2. The second-order valence-electron chi connectivity index (χ2n) is 5.63. The lowest BCUT2D eigenvalue weighted by molar-refractivity contribution is -0.385. The van der Waals surface area contributed by atoms with E-state index in [1.54, 1.807) is 12.1 Å². The molecule has 1 amide bonds. The van der Waals surface area contributed by atoms with Crippen LogP contribution < -0.4 is 10.9 Å². The van der Waals surface area contributed by atoms with E-state index in [1.807, 2.05) is 12.1 Å². The highest BCUT2D eigenvalue weighted by Crippen LogP contribution is 2.28. The van der Waals surface area contributed by atoms with Crippen LogP contribution in [0, 0.1) is 21.4 Å². The molecule has 0 saturated heterocycles. The monoisotopic (exact) mass is 428 g/mol. The van der Waals surface area contributed by atoms with Gasteiger partial charge >= 0.3 is 0 Å². The minimum atomic E-state index is -0.643. The number of hydrogen-bond acceptors (Lipinski definition) is 9. The third-order valence-corrected chi connectivity index (χ3v) is 5.63. The van der Waals surface area contributed by atoms with Crippen molar-refractivity contribution in [1.82, 2.24) is 14.8 Å². The van der Waals surface area contributed by atoms with Gasteiger partial charge in [-0.15, -0.1) is 10.2 Å². The molecule has 146 valence electrons. The number of nitrogens with one attached hydrogen (secondary N) is 1. The molecule has 1 aromatic carbocycles. The van der Waals surface area contributed by atoms with Gasteiger partial charge in [0.2, 0.25) is 11.0 Å². The number of benzene rings is 1. The first-order valence-electron chi connectivity index (χ1n) is 8.04. The highest BCUT2D eigenvalue weighted by Gasteiger charge is 2.13. The first kappa shape index (κ1) is 20.2. The number of thioether (sulfide) groups is 1. The molecule has 3 aromatic rings. The first-order valence-corrected chi connectivity index (χ1v) is 9.85. The van der Waals surface area contributed by atoms with Crippen LogP contribution >= 0.6 is 23.1 Å². The van der Waals surface area contributed by atoms with Crippen LogP contribution in [0.15, 0.2) is 51.7 Å². The summed E-state index contributed by atoms with van der Waals surface area (Å²) in [7, 11) is 0. The molecule has 0 radical (unpaired) electrons. The Labute approximate surface area is 172 Å². The Bertz CT molecular complexity index is 1150. The van der Waals surface area contributed by atoms with E-state index in [2.05, 4.69) is 21.6 Å². The van der Waals surface area contributed by atoms with Gasteiger partial charge < -0.3 is 0 Å². The summed E-state index contributed by atoms with van der Waals surface area (Å²) in [6.45, 7) is -0.381. The second kappa shape index (κ2) is 9.09. The van der Waals surface area contributed by atoms with Crippen molar-refractivity contribution in [3.05, 3.63) is 74.2 Å². The van der Waals surface area contributed by atoms with Crippen molar-refractivity contribution < 1.29 is 9.72 Å². The Morgan fingerprint density at radius 1 is 1.28 bits per heavy atom. The van der Waals surface area contributed by atoms with Gasteiger partial charge in [-0.25, -0.2) is 0 Å². The Kier molecular flexibility index (Phi) is 6.32. The highest BCUT2D eigenvalue weighted by atomic mass is 32.2. The fraction of sp³-hybridized carbons (Fsp3) is 0.118. The van der Waals surface area contributed by atoms with Gasteiger partial charge in [0.25, 0.3) is 11.2 Å². The molecule has 0 spiro atoms. The van der Waals surface area contributed by atoms with E-state index in [9.17, 15) is 19.7 Å². The fourth-order valence-corrected chi connectivity index (χ4v) is 3.93. The van der Waals surface area contributed by atoms with Gasteiger partial charge in [0.1, 0.15) is 6.54 Å². The SMILES string of the molecule is N#Cc1ccc(CSc2nnc(NC(=O)Cn3cc([N+](=O)[O-])ccc3=O)s2)cc1. The summed E-state index contributed by atoms with van der Waals surface area (Å²) in [6.07, 6.45) is 1.01. The summed E-state index contributed by atoms with van der Waals surface area (Å²) in [5.41, 5.74) is 0.791. The number of nitrogens with zero attached hydrogens (tertiary/aromatic N) is 5. The maximum absolute atomic E-state index is 12.1. The number of rotatable bonds is 7. The highest BCUT2D eigenvalue weighted by molar-refractivity contribution is 8.00. The quantitative estimate of drug-likeness (QED) is 0.261. The molecule has 0 saturated carbocycles. The van der Waals surface area contributed by atoms with Crippen molar-refractivity contribution in [3.8, 4) is 6.07 Å². The fourth-order valence-electron chi connectivity index (χ4n) is 2.20. The van der Waals surface area contributed by atoms with Gasteiger partial charge in [-0.3, -0.25) is 29.6 Å². The van der Waals surface area contributed by atoms with E-state index < -0.39 is 16.4 Å². The van der Waals surface area contributed by atoms with E-state index in [0.717, 1.165) is 28.5 Å². The van der Waals surface area contributed by atoms with Gasteiger partial charge in [0, 0.05) is 17.9 Å². The standard InChI is InChI=1S/C17H12N6O4S2/c18-7-11-1-3-12(4-2-11)10-28-17-21-20-16(29-17)19-14(24)9-22-8-13(23(26)27)5-6-15(22)25/h1-6,8H,9-10H2,(H,19,20,24). The van der Waals surface area contributed by atoms with E-state index in [-0.39, 0.29) is 17.4 Å². The largest absolute Gasteiger partial charge is 0.299 e. The Morgan fingerprint density at radius 3 is 2.72 bits per heavy atom. The van der Waals surface area contributed by atoms with E-state index in [0.29, 0.717) is 15.7 Å². The van der Waals surface area contributed by atoms with E-state index in [4.69, 9.17) is 5.26 Å². The minimum absolute atomic E-state index is 0.260. The molecule has 0 fully saturated rings. The molecule has 0 aliphatic carbocycles. The van der Waals surface area contributed by atoms with Crippen LogP contribution in [0.3, 0.4) is 0 Å². The van der Waals surface area contributed by atoms with Crippen LogP contribution in [-0.4, -0.2) is 25.6 Å². The molecule has 0 bridgehead atoms. The van der Waals surface area contributed by atoms with Crippen molar-refractivity contribution >= 4 is 39.8 Å². The normalized spacial score (nSPS) is 10.3. The van der Waals surface area contributed by atoms with Crippen molar-refractivity contribution in [1.29, 1.82) is 5.26 Å². The first-order chi connectivity index (χ1) is 13.9. The number of nitro groups is 1. The smallest absolute Gasteiger partial charge is 0.285 e. The molecule has 0 atom stereocenters. The van der Waals surface area contributed by atoms with Crippen LogP contribution in [-0.2, 0) is 17.1 Å². The van der Waals surface area contributed by atoms with Crippen LogP contribution in [0.5, 0.6) is 0 Å². The molecule has 10 nitrogen and oxygen atoms in total. The Balaban J connectivity index is 1.57. The molecule has 29 heavy (non-hydrogen) atoms. The molecule has 2 aromatic heterocycles. The average molecular weight is 428 g/mol. The minimum Gasteiger partial charge on any atom is -0.299 e. The maximum atomic E-state index is 12.1. The lowest BCUT2D eigenvalue weighted by Gasteiger charge is -2.04. The molecule has 0 aliphatic rings. The van der Waals surface area contributed by atoms with Crippen molar-refractivity contribution in [2.45, 2.75) is 16.6 Å². The number of anilines is 1. The zero-order valence-corrected chi connectivity index (χ0v) is 16.3. The molecule has 0 unspecified atom stereocenters. The molecule has 0 aliphatic heterocycles. The van der Waals surface area contributed by atoms with Gasteiger partial charge in [-0.1, -0.05) is 35.2 Å². The van der Waals surface area contributed by atoms with Gasteiger partial charge in [-0.05, 0) is 17.7 Å². The lowest BCUT2D eigenvalue weighted by Crippen LogP contribution is -2.26. The molecule has 1 N–H and O–H groups in total. The van der Waals surface area contributed by atoms with Crippen LogP contribution in [0.4, 0.5) is 10.8 Å². The summed E-state index contributed by atoms with van der Waals surface area (Å²) < 4.78 is 1.59. The number of nitriles is 1. The number of carbonyl (C=O) groups is 1. The number of carbonyl (C=O) groups excluding carboxylic acids is 1. The van der Waals surface area contributed by atoms with Crippen LogP contribution in [0.1, 0.15) is 11.1 Å². The van der Waals surface area contributed by atoms with Gasteiger partial charge in [0.15, 0.2) is 4.34 Å². The summed E-state index contributed by atoms with van der Waals surface area (Å²) in [4.78, 5) is 34.0. The Hall–Kier alpha value is -3.56. The molecule has 12 heteroatoms. The van der Waals surface area contributed by atoms with Crippen molar-refractivity contribution in [3.63, 3.8) is 0 Å². The number of hydrogen-bond donors (Lipinski definition) is 1. The van der Waals surface area contributed by atoms with E-state index >= 15 is 0 Å². The third-order valence-electron chi connectivity index (χ3n) is 3.59. The van der Waals surface area contributed by atoms with Gasteiger partial charge in [-0.2, -0.15) is 5.26 Å². The predicted molar refractivity (Wildman–Crippen MR) is 107 cm³/mol. The zero-order valence-electron chi connectivity index (χ0n) is 14.6. The van der Waals surface area contributed by atoms with E-state index in [1.165, 1.54) is 23.1 Å².